The van der Waals surface area contributed by atoms with Crippen LogP contribution in [0.1, 0.15) is 51.3 Å². The molecule has 1 saturated heterocycles. The summed E-state index contributed by atoms with van der Waals surface area (Å²) < 4.78 is 24.4. The summed E-state index contributed by atoms with van der Waals surface area (Å²) >= 11 is 0. The highest BCUT2D eigenvalue weighted by Crippen LogP contribution is 2.30. The Kier molecular flexibility index (Phi) is 8.41. The third-order valence-electron chi connectivity index (χ3n) is 5.98. The van der Waals surface area contributed by atoms with Crippen molar-refractivity contribution in [1.82, 2.24) is 0 Å². The molecule has 8 heteroatoms. The number of hydrogen-bond acceptors (Lipinski definition) is 8. The molecule has 0 radical (unpaired) electrons. The smallest absolute Gasteiger partial charge is 0.311 e. The Bertz CT molecular complexity index is 1010. The first-order valence-corrected chi connectivity index (χ1v) is 11.7. The van der Waals surface area contributed by atoms with Crippen molar-refractivity contribution in [3.05, 3.63) is 64.7 Å². The van der Waals surface area contributed by atoms with Gasteiger partial charge in [-0.25, -0.2) is 0 Å². The summed E-state index contributed by atoms with van der Waals surface area (Å²) in [4.78, 5) is 12.2. The van der Waals surface area contributed by atoms with Crippen LogP contribution in [0.3, 0.4) is 0 Å². The van der Waals surface area contributed by atoms with Crippen LogP contribution in [0.4, 0.5) is 0 Å². The van der Waals surface area contributed by atoms with Gasteiger partial charge in [-0.2, -0.15) is 0 Å². The Morgan fingerprint density at radius 3 is 2.31 bits per heavy atom. The van der Waals surface area contributed by atoms with E-state index in [1.54, 1.807) is 26.0 Å². The second-order valence-electron chi connectivity index (χ2n) is 9.56. The molecule has 1 heterocycles. The Morgan fingerprint density at radius 2 is 1.69 bits per heavy atom. The van der Waals surface area contributed by atoms with E-state index in [-0.39, 0.29) is 20.1 Å². The number of ether oxygens (including phenoxy) is 3. The van der Waals surface area contributed by atoms with Gasteiger partial charge in [0.05, 0.1) is 12.0 Å². The standard InChI is InChI=1S/C27H36O8/c1-5-16-6-8-17(9-7-16)12-19-11-10-18(14-28)13-20(19)34-25-24(31)23(30)22(29)21(35-25)15-33-26(32)27(2,3)4/h6-11,13,21-25,28-31H,5,12,14-15H2,1-4H3/t21-,22-,23+,24-,25?/m1/s1/i2D. The van der Waals surface area contributed by atoms with Crippen molar-refractivity contribution in [1.29, 1.82) is 0 Å². The molecular formula is C27H36O8. The molecule has 2 aromatic rings. The van der Waals surface area contributed by atoms with Crippen LogP contribution in [-0.4, -0.2) is 63.7 Å². The van der Waals surface area contributed by atoms with Crippen molar-refractivity contribution in [3.8, 4) is 5.75 Å². The third-order valence-corrected chi connectivity index (χ3v) is 5.98. The van der Waals surface area contributed by atoms with Crippen LogP contribution in [-0.2, 0) is 33.7 Å². The molecule has 0 spiro atoms. The molecule has 2 aromatic carbocycles. The van der Waals surface area contributed by atoms with E-state index in [0.29, 0.717) is 17.7 Å². The van der Waals surface area contributed by atoms with Gasteiger partial charge in [0.25, 0.3) is 0 Å². The lowest BCUT2D eigenvalue weighted by atomic mass is 9.97. The molecule has 8 nitrogen and oxygen atoms in total. The fraction of sp³-hybridized carbons (Fsp3) is 0.519. The van der Waals surface area contributed by atoms with Crippen molar-refractivity contribution < 1.29 is 40.8 Å². The quantitative estimate of drug-likeness (QED) is 0.416. The molecule has 1 fully saturated rings. The lowest BCUT2D eigenvalue weighted by Gasteiger charge is -2.40. The molecule has 0 bridgehead atoms. The number of aliphatic hydroxyl groups excluding tert-OH is 4. The predicted octanol–water partition coefficient (Wildman–Crippen LogP) is 2.11. The summed E-state index contributed by atoms with van der Waals surface area (Å²) in [6.07, 6.45) is -5.79. The molecule has 0 saturated carbocycles. The summed E-state index contributed by atoms with van der Waals surface area (Å²) in [7, 11) is 0. The number of benzene rings is 2. The van der Waals surface area contributed by atoms with E-state index in [9.17, 15) is 25.2 Å². The van der Waals surface area contributed by atoms with Gasteiger partial charge in [-0.15, -0.1) is 0 Å². The number of aryl methyl sites for hydroxylation is 1. The van der Waals surface area contributed by atoms with E-state index in [1.165, 1.54) is 5.56 Å². The highest BCUT2D eigenvalue weighted by molar-refractivity contribution is 5.75. The van der Waals surface area contributed by atoms with Crippen molar-refractivity contribution in [3.63, 3.8) is 0 Å². The zero-order chi connectivity index (χ0) is 26.5. The van der Waals surface area contributed by atoms with E-state index < -0.39 is 42.1 Å². The molecule has 5 atom stereocenters. The van der Waals surface area contributed by atoms with Gasteiger partial charge in [-0.3, -0.25) is 4.79 Å². The maximum Gasteiger partial charge on any atom is 0.311 e. The largest absolute Gasteiger partial charge is 0.462 e. The van der Waals surface area contributed by atoms with Crippen molar-refractivity contribution >= 4 is 5.97 Å². The van der Waals surface area contributed by atoms with E-state index in [2.05, 4.69) is 19.1 Å². The zero-order valence-corrected chi connectivity index (χ0v) is 20.4. The number of carbonyl (C=O) groups is 1. The van der Waals surface area contributed by atoms with Crippen LogP contribution < -0.4 is 4.74 Å². The van der Waals surface area contributed by atoms with Crippen LogP contribution in [0, 0.1) is 5.41 Å². The second-order valence-corrected chi connectivity index (χ2v) is 9.56. The molecule has 0 aliphatic carbocycles. The van der Waals surface area contributed by atoms with Gasteiger partial charge in [-0.05, 0) is 55.5 Å². The number of esters is 1. The first kappa shape index (κ1) is 25.6. The topological polar surface area (TPSA) is 126 Å². The van der Waals surface area contributed by atoms with Gasteiger partial charge in [0, 0.05) is 7.79 Å². The molecule has 4 N–H and O–H groups in total. The van der Waals surface area contributed by atoms with Crippen LogP contribution in [0.2, 0.25) is 0 Å². The highest BCUT2D eigenvalue weighted by Gasteiger charge is 2.46. The number of aliphatic hydroxyl groups is 4. The first-order valence-electron chi connectivity index (χ1n) is 12.4. The summed E-state index contributed by atoms with van der Waals surface area (Å²) in [6, 6.07) is 13.4. The molecule has 1 aliphatic rings. The molecule has 0 aromatic heterocycles. The van der Waals surface area contributed by atoms with Gasteiger partial charge in [0.15, 0.2) is 0 Å². The van der Waals surface area contributed by atoms with Crippen LogP contribution in [0.5, 0.6) is 5.75 Å². The Labute approximate surface area is 207 Å². The van der Waals surface area contributed by atoms with E-state index >= 15 is 0 Å². The van der Waals surface area contributed by atoms with Crippen molar-refractivity contribution in [2.45, 2.75) is 77.8 Å². The molecular weight excluding hydrogens is 452 g/mol. The van der Waals surface area contributed by atoms with Crippen LogP contribution in [0.25, 0.3) is 0 Å². The lowest BCUT2D eigenvalue weighted by molar-refractivity contribution is -0.279. The molecule has 192 valence electrons. The number of carbonyl (C=O) groups excluding carboxylic acids is 1. The minimum absolute atomic E-state index is 0.182. The van der Waals surface area contributed by atoms with Crippen molar-refractivity contribution in [2.24, 2.45) is 5.41 Å². The number of rotatable bonds is 8. The van der Waals surface area contributed by atoms with Crippen LogP contribution in [0.15, 0.2) is 42.5 Å². The molecule has 0 amide bonds. The fourth-order valence-electron chi connectivity index (χ4n) is 3.70. The van der Waals surface area contributed by atoms with Gasteiger partial charge in [0.1, 0.15) is 36.8 Å². The van der Waals surface area contributed by atoms with Gasteiger partial charge >= 0.3 is 5.97 Å². The predicted molar refractivity (Wildman–Crippen MR) is 129 cm³/mol. The Balaban J connectivity index is 1.79. The zero-order valence-electron chi connectivity index (χ0n) is 21.4. The van der Waals surface area contributed by atoms with Gasteiger partial charge < -0.3 is 34.6 Å². The third kappa shape index (κ3) is 6.80. The molecule has 3 rings (SSSR count). The summed E-state index contributed by atoms with van der Waals surface area (Å²) in [5.74, 6) is -0.293. The normalized spacial score (nSPS) is 25.1. The average Bonchev–Trinajstić information content (AvgIpc) is 2.89. The second kappa shape index (κ2) is 11.5. The Morgan fingerprint density at radius 1 is 1.03 bits per heavy atom. The van der Waals surface area contributed by atoms with E-state index in [4.69, 9.17) is 15.6 Å². The average molecular weight is 490 g/mol. The number of hydrogen-bond donors (Lipinski definition) is 4. The maximum absolute atomic E-state index is 12.2. The summed E-state index contributed by atoms with van der Waals surface area (Å²) in [6.45, 7) is 4.42. The van der Waals surface area contributed by atoms with Crippen molar-refractivity contribution in [2.75, 3.05) is 6.61 Å². The van der Waals surface area contributed by atoms with E-state index in [1.807, 2.05) is 18.2 Å². The maximum atomic E-state index is 12.2. The molecule has 35 heavy (non-hydrogen) atoms. The first-order chi connectivity index (χ1) is 17.1. The fourth-order valence-corrected chi connectivity index (χ4v) is 3.70. The Hall–Kier alpha value is -2.49. The summed E-state index contributed by atoms with van der Waals surface area (Å²) in [5, 5.41) is 41.0. The lowest BCUT2D eigenvalue weighted by Crippen LogP contribution is -2.60. The molecule has 1 unspecified atom stereocenters. The molecule has 1 aliphatic heterocycles. The summed E-state index contributed by atoms with van der Waals surface area (Å²) in [5.41, 5.74) is 2.58. The highest BCUT2D eigenvalue weighted by atomic mass is 16.7. The van der Waals surface area contributed by atoms with Gasteiger partial charge in [0.2, 0.25) is 6.29 Å². The van der Waals surface area contributed by atoms with Crippen LogP contribution >= 0.6 is 0 Å². The van der Waals surface area contributed by atoms with Gasteiger partial charge in [-0.1, -0.05) is 43.3 Å². The van der Waals surface area contributed by atoms with E-state index in [0.717, 1.165) is 17.5 Å². The minimum Gasteiger partial charge on any atom is -0.462 e. The minimum atomic E-state index is -1.61. The monoisotopic (exact) mass is 489 g/mol. The SMILES string of the molecule is [2H]CC(C)(C)C(=O)OC[C@H]1OC(Oc2cc(CO)ccc2Cc2ccc(CC)cc2)[C@H](O)[C@@H](O)[C@@H]1O.